The molecule has 0 fully saturated rings. The molecule has 0 aromatic heterocycles. The van der Waals surface area contributed by atoms with E-state index in [9.17, 15) is 13.2 Å². The van der Waals surface area contributed by atoms with Crippen LogP contribution in [0.3, 0.4) is 0 Å². The van der Waals surface area contributed by atoms with Crippen LogP contribution in [0.5, 0.6) is 0 Å². The third kappa shape index (κ3) is 3.71. The SMILES string of the molecule is CON(C)S(=O)(=O)c1ccc(C(=O)N(C)c2ccc3ccccc3c2)cc1. The average molecular weight is 384 g/mol. The Balaban J connectivity index is 1.86. The normalized spacial score (nSPS) is 11.7. The number of benzene rings is 3. The molecule has 3 rings (SSSR count). The van der Waals surface area contributed by atoms with Crippen LogP contribution in [0.4, 0.5) is 5.69 Å². The van der Waals surface area contributed by atoms with Crippen LogP contribution >= 0.6 is 0 Å². The Morgan fingerprint density at radius 1 is 0.889 bits per heavy atom. The summed E-state index contributed by atoms with van der Waals surface area (Å²) in [6.45, 7) is 0. The first-order valence-corrected chi connectivity index (χ1v) is 9.68. The van der Waals surface area contributed by atoms with Gasteiger partial charge < -0.3 is 4.90 Å². The molecule has 0 heterocycles. The number of fused-ring (bicyclic) bond motifs is 1. The summed E-state index contributed by atoms with van der Waals surface area (Å²) in [4.78, 5) is 19.1. The fourth-order valence-corrected chi connectivity index (χ4v) is 3.69. The molecule has 0 radical (unpaired) electrons. The average Bonchev–Trinajstić information content (AvgIpc) is 2.71. The van der Waals surface area contributed by atoms with Gasteiger partial charge in [0.25, 0.3) is 15.9 Å². The van der Waals surface area contributed by atoms with Gasteiger partial charge in [-0.15, -0.1) is 0 Å². The monoisotopic (exact) mass is 384 g/mol. The quantitative estimate of drug-likeness (QED) is 0.633. The summed E-state index contributed by atoms with van der Waals surface area (Å²) >= 11 is 0. The van der Waals surface area contributed by atoms with E-state index in [1.165, 1.54) is 43.3 Å². The minimum Gasteiger partial charge on any atom is -0.311 e. The van der Waals surface area contributed by atoms with Crippen LogP contribution in [-0.2, 0) is 14.9 Å². The van der Waals surface area contributed by atoms with Gasteiger partial charge >= 0.3 is 0 Å². The van der Waals surface area contributed by atoms with Gasteiger partial charge in [0.1, 0.15) is 0 Å². The summed E-state index contributed by atoms with van der Waals surface area (Å²) in [5, 5.41) is 2.14. The van der Waals surface area contributed by atoms with E-state index in [4.69, 9.17) is 4.84 Å². The molecule has 0 bridgehead atoms. The summed E-state index contributed by atoms with van der Waals surface area (Å²) < 4.78 is 25.2. The van der Waals surface area contributed by atoms with Crippen molar-refractivity contribution in [1.82, 2.24) is 4.47 Å². The number of amides is 1. The number of sulfonamides is 1. The van der Waals surface area contributed by atoms with Crippen LogP contribution in [0.15, 0.2) is 71.6 Å². The van der Waals surface area contributed by atoms with E-state index in [1.807, 2.05) is 42.5 Å². The van der Waals surface area contributed by atoms with Crippen molar-refractivity contribution in [2.75, 3.05) is 26.1 Å². The predicted molar refractivity (Wildman–Crippen MR) is 105 cm³/mol. The maximum absolute atomic E-state index is 12.8. The molecule has 0 spiro atoms. The Kier molecular flexibility index (Phi) is 5.27. The lowest BCUT2D eigenvalue weighted by Gasteiger charge is -2.19. The van der Waals surface area contributed by atoms with Crippen molar-refractivity contribution in [1.29, 1.82) is 0 Å². The first-order valence-electron chi connectivity index (χ1n) is 8.24. The van der Waals surface area contributed by atoms with Crippen LogP contribution < -0.4 is 4.90 Å². The largest absolute Gasteiger partial charge is 0.311 e. The predicted octanol–water partition coefficient (Wildman–Crippen LogP) is 3.30. The lowest BCUT2D eigenvalue weighted by atomic mass is 10.1. The van der Waals surface area contributed by atoms with Crippen LogP contribution in [0.25, 0.3) is 10.8 Å². The molecule has 0 aliphatic carbocycles. The number of carbonyl (C=O) groups is 1. The molecule has 0 atom stereocenters. The molecule has 3 aromatic carbocycles. The number of hydroxylamine groups is 1. The van der Waals surface area contributed by atoms with Gasteiger partial charge in [-0.05, 0) is 47.2 Å². The van der Waals surface area contributed by atoms with E-state index in [1.54, 1.807) is 7.05 Å². The minimum atomic E-state index is -3.74. The molecule has 140 valence electrons. The lowest BCUT2D eigenvalue weighted by Crippen LogP contribution is -2.27. The second-order valence-corrected chi connectivity index (χ2v) is 7.95. The van der Waals surface area contributed by atoms with E-state index in [2.05, 4.69) is 0 Å². The molecule has 7 heteroatoms. The van der Waals surface area contributed by atoms with Crippen molar-refractivity contribution in [3.8, 4) is 0 Å². The van der Waals surface area contributed by atoms with Gasteiger partial charge in [0.05, 0.1) is 12.0 Å². The van der Waals surface area contributed by atoms with Crippen molar-refractivity contribution < 1.29 is 18.0 Å². The minimum absolute atomic E-state index is 0.0526. The summed E-state index contributed by atoms with van der Waals surface area (Å²) in [5.41, 5.74) is 1.15. The molecular formula is C20H20N2O4S. The Morgan fingerprint density at radius 2 is 1.52 bits per heavy atom. The van der Waals surface area contributed by atoms with Gasteiger partial charge in [-0.3, -0.25) is 9.63 Å². The zero-order valence-electron chi connectivity index (χ0n) is 15.3. The smallest absolute Gasteiger partial charge is 0.264 e. The summed E-state index contributed by atoms with van der Waals surface area (Å²) in [7, 11) is 0.527. The number of nitrogens with zero attached hydrogens (tertiary/aromatic N) is 2. The van der Waals surface area contributed by atoms with Gasteiger partial charge in [-0.25, -0.2) is 8.42 Å². The molecule has 0 saturated heterocycles. The summed E-state index contributed by atoms with van der Waals surface area (Å²) in [6.07, 6.45) is 0. The van der Waals surface area contributed by atoms with Crippen molar-refractivity contribution in [2.45, 2.75) is 4.90 Å². The molecule has 1 amide bonds. The Labute approximate surface area is 158 Å². The van der Waals surface area contributed by atoms with Crippen LogP contribution in [0.2, 0.25) is 0 Å². The zero-order chi connectivity index (χ0) is 19.6. The number of hydrogen-bond acceptors (Lipinski definition) is 4. The molecule has 0 aliphatic rings. The highest BCUT2D eigenvalue weighted by atomic mass is 32.2. The van der Waals surface area contributed by atoms with Crippen molar-refractivity contribution in [3.05, 3.63) is 72.3 Å². The molecule has 0 saturated carbocycles. The summed E-state index contributed by atoms with van der Waals surface area (Å²) in [5.74, 6) is -0.227. The Hall–Kier alpha value is -2.74. The molecule has 0 N–H and O–H groups in total. The lowest BCUT2D eigenvalue weighted by molar-refractivity contribution is -0.0258. The van der Waals surface area contributed by atoms with Gasteiger partial charge in [-0.2, -0.15) is 0 Å². The van der Waals surface area contributed by atoms with Crippen molar-refractivity contribution in [3.63, 3.8) is 0 Å². The van der Waals surface area contributed by atoms with Gasteiger partial charge in [-0.1, -0.05) is 34.8 Å². The molecule has 6 nitrogen and oxygen atoms in total. The van der Waals surface area contributed by atoms with Crippen LogP contribution in [0, 0.1) is 0 Å². The molecule has 3 aromatic rings. The molecule has 0 aliphatic heterocycles. The van der Waals surface area contributed by atoms with Gasteiger partial charge in [0, 0.05) is 25.3 Å². The van der Waals surface area contributed by atoms with Crippen molar-refractivity contribution >= 4 is 32.4 Å². The number of anilines is 1. The Bertz CT molecular complexity index is 1080. The second kappa shape index (κ2) is 7.48. The van der Waals surface area contributed by atoms with Crippen LogP contribution in [-0.4, -0.2) is 40.0 Å². The fourth-order valence-electron chi connectivity index (χ4n) is 2.71. The topological polar surface area (TPSA) is 66.9 Å². The van der Waals surface area contributed by atoms with Crippen molar-refractivity contribution in [2.24, 2.45) is 0 Å². The van der Waals surface area contributed by atoms with E-state index in [0.717, 1.165) is 20.9 Å². The highest BCUT2D eigenvalue weighted by Gasteiger charge is 2.21. The van der Waals surface area contributed by atoms with E-state index in [-0.39, 0.29) is 10.8 Å². The molecule has 27 heavy (non-hydrogen) atoms. The summed E-state index contributed by atoms with van der Waals surface area (Å²) in [6, 6.07) is 19.5. The first-order chi connectivity index (χ1) is 12.8. The van der Waals surface area contributed by atoms with E-state index < -0.39 is 10.0 Å². The number of carbonyl (C=O) groups excluding carboxylic acids is 1. The second-order valence-electron chi connectivity index (χ2n) is 6.02. The van der Waals surface area contributed by atoms with E-state index >= 15 is 0 Å². The molecular weight excluding hydrogens is 364 g/mol. The third-order valence-corrected chi connectivity index (χ3v) is 6.11. The number of rotatable bonds is 5. The maximum Gasteiger partial charge on any atom is 0.264 e. The maximum atomic E-state index is 12.8. The fraction of sp³-hybridized carbons (Fsp3) is 0.150. The van der Waals surface area contributed by atoms with Gasteiger partial charge in [0.15, 0.2) is 0 Å². The molecule has 0 unspecified atom stereocenters. The highest BCUT2D eigenvalue weighted by molar-refractivity contribution is 7.89. The standard InChI is InChI=1S/C20H20N2O4S/c1-21(18-11-8-15-6-4-5-7-17(15)14-18)20(23)16-9-12-19(13-10-16)27(24,25)22(2)26-3/h4-14H,1-3H3. The van der Waals surface area contributed by atoms with Crippen LogP contribution in [0.1, 0.15) is 10.4 Å². The third-order valence-electron chi connectivity index (χ3n) is 4.42. The van der Waals surface area contributed by atoms with Gasteiger partial charge in [0.2, 0.25) is 0 Å². The van der Waals surface area contributed by atoms with E-state index in [0.29, 0.717) is 5.56 Å². The zero-order valence-corrected chi connectivity index (χ0v) is 16.1. The Morgan fingerprint density at radius 3 is 2.15 bits per heavy atom. The number of hydrogen-bond donors (Lipinski definition) is 0. The first kappa shape index (κ1) is 19.0. The highest BCUT2D eigenvalue weighted by Crippen LogP contribution is 2.23.